The van der Waals surface area contributed by atoms with Gasteiger partial charge in [-0.1, -0.05) is 41.9 Å². The molecule has 0 bridgehead atoms. The molecule has 0 radical (unpaired) electrons. The smallest absolute Gasteiger partial charge is 0.125 e. The molecule has 0 aliphatic heterocycles. The van der Waals surface area contributed by atoms with Crippen molar-refractivity contribution in [2.75, 3.05) is 0 Å². The van der Waals surface area contributed by atoms with E-state index in [1.54, 1.807) is 12.1 Å². The highest BCUT2D eigenvalue weighted by Gasteiger charge is 2.06. The molecule has 0 saturated heterocycles. The van der Waals surface area contributed by atoms with Crippen molar-refractivity contribution in [1.82, 2.24) is 10.2 Å². The van der Waals surface area contributed by atoms with E-state index in [-0.39, 0.29) is 5.75 Å². The quantitative estimate of drug-likeness (QED) is 0.741. The maximum absolute atomic E-state index is 9.82. The number of H-pyrrole nitrogens is 1. The highest BCUT2D eigenvalue weighted by molar-refractivity contribution is 6.30. The summed E-state index contributed by atoms with van der Waals surface area (Å²) in [6.07, 6.45) is 3.90. The first-order valence-corrected chi connectivity index (χ1v) is 6.87. The van der Waals surface area contributed by atoms with Gasteiger partial charge in [-0.3, -0.25) is 5.10 Å². The molecule has 3 rings (SSSR count). The Labute approximate surface area is 127 Å². The van der Waals surface area contributed by atoms with Gasteiger partial charge in [-0.2, -0.15) is 5.10 Å². The van der Waals surface area contributed by atoms with E-state index in [1.807, 2.05) is 54.6 Å². The van der Waals surface area contributed by atoms with Crippen LogP contribution in [0.5, 0.6) is 5.75 Å². The average molecular weight is 297 g/mol. The fourth-order valence-corrected chi connectivity index (χ4v) is 2.14. The Hall–Kier alpha value is -2.52. The second-order valence-corrected chi connectivity index (χ2v) is 5.05. The largest absolute Gasteiger partial charge is 0.507 e. The van der Waals surface area contributed by atoms with E-state index in [0.717, 1.165) is 16.3 Å². The van der Waals surface area contributed by atoms with Crippen molar-refractivity contribution in [3.63, 3.8) is 0 Å². The molecule has 3 aromatic rings. The third kappa shape index (κ3) is 3.15. The molecule has 0 amide bonds. The minimum Gasteiger partial charge on any atom is -0.507 e. The van der Waals surface area contributed by atoms with Crippen LogP contribution in [0.4, 0.5) is 0 Å². The summed E-state index contributed by atoms with van der Waals surface area (Å²) in [5.41, 5.74) is 3.34. The van der Waals surface area contributed by atoms with Crippen molar-refractivity contribution in [1.29, 1.82) is 0 Å². The summed E-state index contributed by atoms with van der Waals surface area (Å²) in [7, 11) is 0. The van der Waals surface area contributed by atoms with Gasteiger partial charge >= 0.3 is 0 Å². The molecule has 2 aromatic carbocycles. The van der Waals surface area contributed by atoms with Crippen molar-refractivity contribution >= 4 is 23.8 Å². The molecule has 2 N–H and O–H groups in total. The Balaban J connectivity index is 1.82. The summed E-state index contributed by atoms with van der Waals surface area (Å²) in [5, 5.41) is 17.7. The van der Waals surface area contributed by atoms with Crippen molar-refractivity contribution < 1.29 is 5.11 Å². The fraction of sp³-hybridized carbons (Fsp3) is 0. The first-order chi connectivity index (χ1) is 10.2. The molecule has 1 heterocycles. The number of rotatable bonds is 3. The van der Waals surface area contributed by atoms with E-state index in [0.29, 0.717) is 11.3 Å². The molecule has 0 atom stereocenters. The van der Waals surface area contributed by atoms with Crippen LogP contribution in [-0.2, 0) is 0 Å². The van der Waals surface area contributed by atoms with Gasteiger partial charge in [0, 0.05) is 10.6 Å². The fourth-order valence-electron chi connectivity index (χ4n) is 2.01. The highest BCUT2D eigenvalue weighted by atomic mass is 35.5. The second-order valence-electron chi connectivity index (χ2n) is 4.61. The Bertz CT molecular complexity index is 775. The van der Waals surface area contributed by atoms with Gasteiger partial charge < -0.3 is 5.11 Å². The van der Waals surface area contributed by atoms with Gasteiger partial charge in [-0.25, -0.2) is 0 Å². The standard InChI is InChI=1S/C17H13ClN2O/c18-13-8-5-12(6-9-13)7-10-14-11-16(20-19-14)15-3-1-2-4-17(15)21/h1-11,21H,(H,19,20). The molecule has 0 aliphatic carbocycles. The molecule has 0 saturated carbocycles. The zero-order valence-electron chi connectivity index (χ0n) is 11.1. The van der Waals surface area contributed by atoms with E-state index in [2.05, 4.69) is 10.2 Å². The summed E-state index contributed by atoms with van der Waals surface area (Å²) >= 11 is 5.85. The number of halogens is 1. The van der Waals surface area contributed by atoms with Gasteiger partial charge in [0.2, 0.25) is 0 Å². The van der Waals surface area contributed by atoms with Crippen molar-refractivity contribution in [3.05, 3.63) is 70.9 Å². The van der Waals surface area contributed by atoms with Crippen LogP contribution in [0.25, 0.3) is 23.4 Å². The lowest BCUT2D eigenvalue weighted by Crippen LogP contribution is -1.78. The molecule has 104 valence electrons. The van der Waals surface area contributed by atoms with E-state index >= 15 is 0 Å². The number of aromatic hydroxyl groups is 1. The predicted molar refractivity (Wildman–Crippen MR) is 86.1 cm³/mol. The Morgan fingerprint density at radius 3 is 2.52 bits per heavy atom. The molecular weight excluding hydrogens is 284 g/mol. The lowest BCUT2D eigenvalue weighted by molar-refractivity contribution is 0.477. The molecule has 0 fully saturated rings. The number of nitrogens with one attached hydrogen (secondary N) is 1. The topological polar surface area (TPSA) is 48.9 Å². The minimum absolute atomic E-state index is 0.220. The number of hydrogen-bond acceptors (Lipinski definition) is 2. The van der Waals surface area contributed by atoms with Crippen LogP contribution in [0.1, 0.15) is 11.3 Å². The van der Waals surface area contributed by atoms with E-state index in [4.69, 9.17) is 11.6 Å². The SMILES string of the molecule is Oc1ccccc1-c1cc(C=Cc2ccc(Cl)cc2)[nH]n1. The number of aromatic nitrogens is 2. The predicted octanol–water partition coefficient (Wildman–Crippen LogP) is 4.61. The normalized spacial score (nSPS) is 11.1. The van der Waals surface area contributed by atoms with Gasteiger partial charge in [0.25, 0.3) is 0 Å². The van der Waals surface area contributed by atoms with Crippen LogP contribution < -0.4 is 0 Å². The molecule has 0 unspecified atom stereocenters. The van der Waals surface area contributed by atoms with Crippen molar-refractivity contribution in [3.8, 4) is 17.0 Å². The van der Waals surface area contributed by atoms with Gasteiger partial charge in [-0.05, 0) is 42.0 Å². The number of para-hydroxylation sites is 1. The summed E-state index contributed by atoms with van der Waals surface area (Å²) < 4.78 is 0. The van der Waals surface area contributed by atoms with Crippen molar-refractivity contribution in [2.45, 2.75) is 0 Å². The molecule has 0 spiro atoms. The zero-order valence-corrected chi connectivity index (χ0v) is 11.9. The van der Waals surface area contributed by atoms with E-state index in [1.165, 1.54) is 0 Å². The minimum atomic E-state index is 0.220. The average Bonchev–Trinajstić information content (AvgIpc) is 2.96. The first-order valence-electron chi connectivity index (χ1n) is 6.50. The number of hydrogen-bond donors (Lipinski definition) is 2. The lowest BCUT2D eigenvalue weighted by atomic mass is 10.1. The Morgan fingerprint density at radius 1 is 1.00 bits per heavy atom. The lowest BCUT2D eigenvalue weighted by Gasteiger charge is -1.98. The maximum Gasteiger partial charge on any atom is 0.125 e. The highest BCUT2D eigenvalue weighted by Crippen LogP contribution is 2.27. The Kier molecular flexibility index (Phi) is 3.75. The van der Waals surface area contributed by atoms with Crippen LogP contribution in [0.3, 0.4) is 0 Å². The Morgan fingerprint density at radius 2 is 1.76 bits per heavy atom. The maximum atomic E-state index is 9.82. The number of nitrogens with zero attached hydrogens (tertiary/aromatic N) is 1. The van der Waals surface area contributed by atoms with Crippen LogP contribution in [-0.4, -0.2) is 15.3 Å². The van der Waals surface area contributed by atoms with E-state index < -0.39 is 0 Å². The number of phenolic OH excluding ortho intramolecular Hbond substituents is 1. The molecule has 0 aliphatic rings. The van der Waals surface area contributed by atoms with Crippen LogP contribution in [0.2, 0.25) is 5.02 Å². The van der Waals surface area contributed by atoms with Crippen LogP contribution in [0.15, 0.2) is 54.6 Å². The summed E-state index contributed by atoms with van der Waals surface area (Å²) in [6, 6.07) is 16.6. The summed E-state index contributed by atoms with van der Waals surface area (Å²) in [6.45, 7) is 0. The monoisotopic (exact) mass is 296 g/mol. The molecule has 21 heavy (non-hydrogen) atoms. The molecule has 3 nitrogen and oxygen atoms in total. The third-order valence-electron chi connectivity index (χ3n) is 3.10. The van der Waals surface area contributed by atoms with Crippen LogP contribution in [0, 0.1) is 0 Å². The van der Waals surface area contributed by atoms with Gasteiger partial charge in [0.1, 0.15) is 5.75 Å². The summed E-state index contributed by atoms with van der Waals surface area (Å²) in [5.74, 6) is 0.220. The molecular formula is C17H13ClN2O. The zero-order chi connectivity index (χ0) is 14.7. The van der Waals surface area contributed by atoms with E-state index in [9.17, 15) is 5.11 Å². The molecule has 4 heteroatoms. The third-order valence-corrected chi connectivity index (χ3v) is 3.36. The second kappa shape index (κ2) is 5.85. The van der Waals surface area contributed by atoms with Gasteiger partial charge in [-0.15, -0.1) is 0 Å². The van der Waals surface area contributed by atoms with Gasteiger partial charge in [0.15, 0.2) is 0 Å². The molecule has 1 aromatic heterocycles. The van der Waals surface area contributed by atoms with Gasteiger partial charge in [0.05, 0.1) is 11.4 Å². The van der Waals surface area contributed by atoms with Crippen LogP contribution >= 0.6 is 11.6 Å². The first kappa shape index (κ1) is 13.5. The number of benzene rings is 2. The van der Waals surface area contributed by atoms with Crippen molar-refractivity contribution in [2.24, 2.45) is 0 Å². The summed E-state index contributed by atoms with van der Waals surface area (Å²) in [4.78, 5) is 0. The number of phenols is 1. The number of aromatic amines is 1.